The summed E-state index contributed by atoms with van der Waals surface area (Å²) < 4.78 is 32.9. The van der Waals surface area contributed by atoms with Gasteiger partial charge in [-0.2, -0.15) is 0 Å². The van der Waals surface area contributed by atoms with Gasteiger partial charge in [-0.25, -0.2) is 8.42 Å². The zero-order valence-electron chi connectivity index (χ0n) is 13.3. The number of esters is 1. The van der Waals surface area contributed by atoms with Crippen molar-refractivity contribution in [3.05, 3.63) is 30.3 Å². The SMILES string of the molecule is O=C(COC(=O)CCCOc1ccccc1)N[C@@H]1CCS(=O)(=O)C1. The lowest BCUT2D eigenvalue weighted by Gasteiger charge is -2.11. The maximum absolute atomic E-state index is 11.6. The lowest BCUT2D eigenvalue weighted by atomic mass is 10.2. The van der Waals surface area contributed by atoms with E-state index in [1.54, 1.807) is 0 Å². The Bertz CT molecular complexity index is 658. The van der Waals surface area contributed by atoms with E-state index < -0.39 is 28.3 Å². The first kappa shape index (κ1) is 18.3. The number of hydrogen-bond donors (Lipinski definition) is 1. The van der Waals surface area contributed by atoms with E-state index in [1.807, 2.05) is 30.3 Å². The number of carbonyl (C=O) groups is 2. The van der Waals surface area contributed by atoms with E-state index in [-0.39, 0.29) is 24.0 Å². The van der Waals surface area contributed by atoms with E-state index >= 15 is 0 Å². The van der Waals surface area contributed by atoms with Crippen LogP contribution in [0.5, 0.6) is 5.75 Å². The second kappa shape index (κ2) is 8.68. The standard InChI is InChI=1S/C16H21NO6S/c18-15(17-13-8-10-24(20,21)12-13)11-23-16(19)7-4-9-22-14-5-2-1-3-6-14/h1-3,5-6,13H,4,7-12H2,(H,17,18)/t13-/m1/s1. The Morgan fingerprint density at radius 2 is 1.96 bits per heavy atom. The third-order valence-electron chi connectivity index (χ3n) is 3.50. The third kappa shape index (κ3) is 6.57. The van der Waals surface area contributed by atoms with E-state index in [0.717, 1.165) is 5.75 Å². The van der Waals surface area contributed by atoms with Crippen molar-refractivity contribution in [1.29, 1.82) is 0 Å². The van der Waals surface area contributed by atoms with Crippen LogP contribution in [0, 0.1) is 0 Å². The maximum Gasteiger partial charge on any atom is 0.306 e. The van der Waals surface area contributed by atoms with Crippen molar-refractivity contribution in [2.75, 3.05) is 24.7 Å². The van der Waals surface area contributed by atoms with Crippen LogP contribution in [0.4, 0.5) is 0 Å². The molecule has 0 radical (unpaired) electrons. The molecule has 1 heterocycles. The molecule has 1 saturated heterocycles. The molecule has 24 heavy (non-hydrogen) atoms. The molecular weight excluding hydrogens is 334 g/mol. The predicted octanol–water partition coefficient (Wildman–Crippen LogP) is 0.692. The molecule has 1 fully saturated rings. The number of benzene rings is 1. The Morgan fingerprint density at radius 3 is 2.62 bits per heavy atom. The molecule has 1 aromatic rings. The number of sulfone groups is 1. The monoisotopic (exact) mass is 355 g/mol. The fraction of sp³-hybridized carbons (Fsp3) is 0.500. The maximum atomic E-state index is 11.6. The van der Waals surface area contributed by atoms with Gasteiger partial charge in [0.05, 0.1) is 18.1 Å². The van der Waals surface area contributed by atoms with Gasteiger partial charge in [-0.05, 0) is 25.0 Å². The summed E-state index contributed by atoms with van der Waals surface area (Å²) in [5.41, 5.74) is 0. The predicted molar refractivity (Wildman–Crippen MR) is 87.3 cm³/mol. The van der Waals surface area contributed by atoms with Crippen LogP contribution in [0.3, 0.4) is 0 Å². The number of rotatable bonds is 8. The van der Waals surface area contributed by atoms with Gasteiger partial charge in [-0.3, -0.25) is 9.59 Å². The molecule has 2 rings (SSSR count). The highest BCUT2D eigenvalue weighted by molar-refractivity contribution is 7.91. The number of para-hydroxylation sites is 1. The molecule has 1 N–H and O–H groups in total. The minimum Gasteiger partial charge on any atom is -0.494 e. The summed E-state index contributed by atoms with van der Waals surface area (Å²) >= 11 is 0. The lowest BCUT2D eigenvalue weighted by molar-refractivity contribution is -0.148. The Hall–Kier alpha value is -2.09. The van der Waals surface area contributed by atoms with Gasteiger partial charge >= 0.3 is 5.97 Å². The van der Waals surface area contributed by atoms with E-state index in [9.17, 15) is 18.0 Å². The highest BCUT2D eigenvalue weighted by Crippen LogP contribution is 2.11. The Kier molecular flexibility index (Phi) is 6.60. The molecule has 8 heteroatoms. The van der Waals surface area contributed by atoms with Crippen LogP contribution >= 0.6 is 0 Å². The molecule has 0 spiro atoms. The molecule has 1 atom stereocenters. The molecule has 1 aromatic carbocycles. The summed E-state index contributed by atoms with van der Waals surface area (Å²) in [7, 11) is -3.05. The number of carbonyl (C=O) groups excluding carboxylic acids is 2. The van der Waals surface area contributed by atoms with Gasteiger partial charge in [0.15, 0.2) is 16.4 Å². The van der Waals surface area contributed by atoms with Crippen LogP contribution < -0.4 is 10.1 Å². The molecule has 0 unspecified atom stereocenters. The second-order valence-corrected chi connectivity index (χ2v) is 7.82. The van der Waals surface area contributed by atoms with E-state index in [0.29, 0.717) is 19.4 Å². The Balaban J connectivity index is 1.55. The summed E-state index contributed by atoms with van der Waals surface area (Å²) in [5, 5.41) is 2.56. The first-order chi connectivity index (χ1) is 11.4. The first-order valence-electron chi connectivity index (χ1n) is 7.78. The molecule has 0 saturated carbocycles. The molecule has 0 aliphatic carbocycles. The van der Waals surface area contributed by atoms with Crippen LogP contribution in [0.2, 0.25) is 0 Å². The van der Waals surface area contributed by atoms with Gasteiger partial charge in [0, 0.05) is 12.5 Å². The van der Waals surface area contributed by atoms with Gasteiger partial charge in [-0.1, -0.05) is 18.2 Å². The number of amides is 1. The summed E-state index contributed by atoms with van der Waals surface area (Å²) in [4.78, 5) is 23.2. The van der Waals surface area contributed by atoms with Crippen LogP contribution in [-0.2, 0) is 24.2 Å². The smallest absolute Gasteiger partial charge is 0.306 e. The summed E-state index contributed by atoms with van der Waals surface area (Å²) in [5.74, 6) is -0.202. The van der Waals surface area contributed by atoms with Crippen molar-refractivity contribution < 1.29 is 27.5 Å². The Labute approximate surface area is 141 Å². The van der Waals surface area contributed by atoms with Crippen LogP contribution in [0.1, 0.15) is 19.3 Å². The number of nitrogens with one attached hydrogen (secondary N) is 1. The van der Waals surface area contributed by atoms with Crippen LogP contribution in [-0.4, -0.2) is 51.1 Å². The highest BCUT2D eigenvalue weighted by Gasteiger charge is 2.28. The van der Waals surface area contributed by atoms with E-state index in [4.69, 9.17) is 9.47 Å². The van der Waals surface area contributed by atoms with Gasteiger partial charge < -0.3 is 14.8 Å². The summed E-state index contributed by atoms with van der Waals surface area (Å²) in [6.07, 6.45) is 1.03. The van der Waals surface area contributed by atoms with Crippen LogP contribution in [0.25, 0.3) is 0 Å². The molecular formula is C16H21NO6S. The zero-order chi connectivity index (χ0) is 17.4. The van der Waals surface area contributed by atoms with Crippen molar-refractivity contribution in [2.24, 2.45) is 0 Å². The zero-order valence-corrected chi connectivity index (χ0v) is 14.1. The van der Waals surface area contributed by atoms with Gasteiger partial charge in [0.2, 0.25) is 0 Å². The minimum atomic E-state index is -3.05. The molecule has 0 bridgehead atoms. The Morgan fingerprint density at radius 1 is 1.21 bits per heavy atom. The van der Waals surface area contributed by atoms with Gasteiger partial charge in [0.1, 0.15) is 5.75 Å². The molecule has 0 aromatic heterocycles. The van der Waals surface area contributed by atoms with E-state index in [1.165, 1.54) is 0 Å². The third-order valence-corrected chi connectivity index (χ3v) is 5.27. The lowest BCUT2D eigenvalue weighted by Crippen LogP contribution is -2.38. The fourth-order valence-corrected chi connectivity index (χ4v) is 3.99. The van der Waals surface area contributed by atoms with Crippen molar-refractivity contribution in [3.63, 3.8) is 0 Å². The largest absolute Gasteiger partial charge is 0.494 e. The van der Waals surface area contributed by atoms with Crippen molar-refractivity contribution in [3.8, 4) is 5.75 Å². The van der Waals surface area contributed by atoms with Crippen LogP contribution in [0.15, 0.2) is 30.3 Å². The first-order valence-corrected chi connectivity index (χ1v) is 9.60. The molecule has 1 aliphatic heterocycles. The highest BCUT2D eigenvalue weighted by atomic mass is 32.2. The summed E-state index contributed by atoms with van der Waals surface area (Å²) in [6, 6.07) is 8.87. The number of hydrogen-bond acceptors (Lipinski definition) is 6. The molecule has 7 nitrogen and oxygen atoms in total. The van der Waals surface area contributed by atoms with E-state index in [2.05, 4.69) is 5.32 Å². The topological polar surface area (TPSA) is 98.8 Å². The van der Waals surface area contributed by atoms with Crippen molar-refractivity contribution >= 4 is 21.7 Å². The minimum absolute atomic E-state index is 0.0521. The van der Waals surface area contributed by atoms with Gasteiger partial charge in [-0.15, -0.1) is 0 Å². The molecule has 1 aliphatic rings. The van der Waals surface area contributed by atoms with Crippen molar-refractivity contribution in [1.82, 2.24) is 5.32 Å². The fourth-order valence-electron chi connectivity index (χ4n) is 2.32. The normalized spacial score (nSPS) is 18.8. The average molecular weight is 355 g/mol. The molecule has 132 valence electrons. The van der Waals surface area contributed by atoms with Gasteiger partial charge in [0.25, 0.3) is 5.91 Å². The quantitative estimate of drug-likeness (QED) is 0.544. The summed E-state index contributed by atoms with van der Waals surface area (Å²) in [6.45, 7) is -0.0137. The average Bonchev–Trinajstić information content (AvgIpc) is 2.89. The van der Waals surface area contributed by atoms with Crippen molar-refractivity contribution in [2.45, 2.75) is 25.3 Å². The molecule has 1 amide bonds. The number of ether oxygens (including phenoxy) is 2. The second-order valence-electron chi connectivity index (χ2n) is 5.59.